The molecule has 24 heavy (non-hydrogen) atoms. The molecule has 1 fully saturated rings. The van der Waals surface area contributed by atoms with Crippen LogP contribution in [0, 0.1) is 10.1 Å². The maximum Gasteiger partial charge on any atom is 0.269 e. The first-order chi connectivity index (χ1) is 11.7. The van der Waals surface area contributed by atoms with Crippen LogP contribution in [-0.4, -0.2) is 42.3 Å². The maximum atomic E-state index is 10.8. The van der Waals surface area contributed by atoms with E-state index < -0.39 is 0 Å². The molecule has 0 bridgehead atoms. The Morgan fingerprint density at radius 1 is 1.21 bits per heavy atom. The Kier molecular flexibility index (Phi) is 4.90. The van der Waals surface area contributed by atoms with Crippen LogP contribution in [0.4, 0.5) is 5.69 Å². The number of ether oxygens (including phenoxy) is 1. The molecule has 1 aromatic rings. The highest BCUT2D eigenvalue weighted by atomic mass is 16.6. The van der Waals surface area contributed by atoms with Gasteiger partial charge in [0.2, 0.25) is 0 Å². The largest absolute Gasteiger partial charge is 0.378 e. The van der Waals surface area contributed by atoms with Crippen molar-refractivity contribution in [2.75, 3.05) is 26.3 Å². The Morgan fingerprint density at radius 3 is 2.54 bits per heavy atom. The summed E-state index contributed by atoms with van der Waals surface area (Å²) in [6.07, 6.45) is 5.62. The second-order valence-electron chi connectivity index (χ2n) is 5.77. The van der Waals surface area contributed by atoms with Crippen LogP contribution in [0.5, 0.6) is 0 Å². The first-order valence-corrected chi connectivity index (χ1v) is 7.93. The molecule has 2 aliphatic rings. The molecular formula is C17H20N4O3. The molecule has 1 aromatic carbocycles. The minimum atomic E-state index is -0.388. The molecule has 3 rings (SSSR count). The lowest BCUT2D eigenvalue weighted by Crippen LogP contribution is -2.36. The SMILES string of the molecule is N/N=C/C1=C(N2CCOCC2)C(=C\c2ccc([N+](=O)[O-])cc2)/CC1. The first-order valence-electron chi connectivity index (χ1n) is 7.93. The molecule has 0 atom stereocenters. The average Bonchev–Trinajstić information content (AvgIpc) is 2.99. The Morgan fingerprint density at radius 2 is 1.92 bits per heavy atom. The minimum Gasteiger partial charge on any atom is -0.378 e. The zero-order valence-electron chi connectivity index (χ0n) is 13.4. The van der Waals surface area contributed by atoms with Crippen LogP contribution in [-0.2, 0) is 4.74 Å². The molecule has 126 valence electrons. The molecule has 0 amide bonds. The lowest BCUT2D eigenvalue weighted by Gasteiger charge is -2.31. The third kappa shape index (κ3) is 3.46. The molecule has 0 radical (unpaired) electrons. The van der Waals surface area contributed by atoms with Gasteiger partial charge in [-0.05, 0) is 47.8 Å². The number of nitro benzene ring substituents is 1. The zero-order chi connectivity index (χ0) is 16.9. The third-order valence-electron chi connectivity index (χ3n) is 4.27. The lowest BCUT2D eigenvalue weighted by atomic mass is 10.1. The predicted molar refractivity (Wildman–Crippen MR) is 92.4 cm³/mol. The molecule has 1 aliphatic carbocycles. The van der Waals surface area contributed by atoms with E-state index in [1.165, 1.54) is 23.4 Å². The summed E-state index contributed by atoms with van der Waals surface area (Å²) in [5, 5.41) is 14.5. The number of morpholine rings is 1. The molecule has 1 heterocycles. The van der Waals surface area contributed by atoms with E-state index in [4.69, 9.17) is 10.6 Å². The Balaban J connectivity index is 1.91. The molecular weight excluding hydrogens is 308 g/mol. The molecule has 2 N–H and O–H groups in total. The number of hydrogen-bond donors (Lipinski definition) is 1. The van der Waals surface area contributed by atoms with Crippen molar-refractivity contribution in [2.24, 2.45) is 10.9 Å². The molecule has 0 saturated carbocycles. The highest BCUT2D eigenvalue weighted by Crippen LogP contribution is 2.35. The third-order valence-corrected chi connectivity index (χ3v) is 4.27. The molecule has 1 aliphatic heterocycles. The van der Waals surface area contributed by atoms with Crippen LogP contribution >= 0.6 is 0 Å². The van der Waals surface area contributed by atoms with Crippen molar-refractivity contribution in [3.63, 3.8) is 0 Å². The summed E-state index contributed by atoms with van der Waals surface area (Å²) in [7, 11) is 0. The summed E-state index contributed by atoms with van der Waals surface area (Å²) in [5.41, 5.74) is 4.56. The maximum absolute atomic E-state index is 10.8. The van der Waals surface area contributed by atoms with Gasteiger partial charge in [-0.1, -0.05) is 0 Å². The fraction of sp³-hybridized carbons (Fsp3) is 0.353. The quantitative estimate of drug-likeness (QED) is 0.396. The standard InChI is InChI=1S/C17H20N4O3/c18-19-12-15-4-3-14(17(15)20-7-9-24-10-8-20)11-13-1-5-16(6-2-13)21(22)23/h1-2,5-6,11-12H,3-4,7-10,18H2/b14-11-,19-12+. The number of non-ortho nitro benzene ring substituents is 1. The monoisotopic (exact) mass is 328 g/mol. The van der Waals surface area contributed by atoms with Crippen molar-refractivity contribution in [3.05, 3.63) is 56.8 Å². The summed E-state index contributed by atoms with van der Waals surface area (Å²) in [6, 6.07) is 6.61. The second-order valence-corrected chi connectivity index (χ2v) is 5.77. The van der Waals surface area contributed by atoms with Crippen LogP contribution in [0.1, 0.15) is 18.4 Å². The predicted octanol–water partition coefficient (Wildman–Crippen LogP) is 2.30. The van der Waals surface area contributed by atoms with Gasteiger partial charge in [0.15, 0.2) is 0 Å². The first kappa shape index (κ1) is 16.2. The highest BCUT2D eigenvalue weighted by Gasteiger charge is 2.25. The number of hydrazone groups is 1. The van der Waals surface area contributed by atoms with Gasteiger partial charge in [-0.25, -0.2) is 0 Å². The molecule has 0 unspecified atom stereocenters. The number of benzene rings is 1. The summed E-state index contributed by atoms with van der Waals surface area (Å²) in [5.74, 6) is 5.35. The van der Waals surface area contributed by atoms with E-state index in [1.807, 2.05) is 0 Å². The van der Waals surface area contributed by atoms with Gasteiger partial charge >= 0.3 is 0 Å². The van der Waals surface area contributed by atoms with E-state index in [-0.39, 0.29) is 10.6 Å². The molecule has 0 spiro atoms. The van der Waals surface area contributed by atoms with E-state index in [2.05, 4.69) is 16.1 Å². The summed E-state index contributed by atoms with van der Waals surface area (Å²) in [4.78, 5) is 12.7. The number of nitro groups is 1. The van der Waals surface area contributed by atoms with Crippen LogP contribution in [0.3, 0.4) is 0 Å². The van der Waals surface area contributed by atoms with Gasteiger partial charge in [0.1, 0.15) is 0 Å². The number of nitrogens with zero attached hydrogens (tertiary/aromatic N) is 3. The molecule has 0 aromatic heterocycles. The van der Waals surface area contributed by atoms with Crippen molar-refractivity contribution in [3.8, 4) is 0 Å². The van der Waals surface area contributed by atoms with Gasteiger partial charge in [0, 0.05) is 30.9 Å². The van der Waals surface area contributed by atoms with Crippen LogP contribution in [0.2, 0.25) is 0 Å². The number of rotatable bonds is 4. The van der Waals surface area contributed by atoms with Crippen molar-refractivity contribution in [2.45, 2.75) is 12.8 Å². The zero-order valence-corrected chi connectivity index (χ0v) is 13.4. The van der Waals surface area contributed by atoms with E-state index in [1.54, 1.807) is 18.3 Å². The fourth-order valence-electron chi connectivity index (χ4n) is 3.16. The van der Waals surface area contributed by atoms with E-state index in [9.17, 15) is 10.1 Å². The van der Waals surface area contributed by atoms with E-state index in [0.29, 0.717) is 13.2 Å². The van der Waals surface area contributed by atoms with E-state index >= 15 is 0 Å². The van der Waals surface area contributed by atoms with Gasteiger partial charge in [0.05, 0.1) is 24.4 Å². The van der Waals surface area contributed by atoms with Crippen LogP contribution in [0.15, 0.2) is 46.2 Å². The smallest absolute Gasteiger partial charge is 0.269 e. The van der Waals surface area contributed by atoms with Crippen LogP contribution in [0.25, 0.3) is 6.08 Å². The lowest BCUT2D eigenvalue weighted by molar-refractivity contribution is -0.384. The highest BCUT2D eigenvalue weighted by molar-refractivity contribution is 5.83. The summed E-state index contributed by atoms with van der Waals surface area (Å²) >= 11 is 0. The van der Waals surface area contributed by atoms with Crippen LogP contribution < -0.4 is 5.84 Å². The van der Waals surface area contributed by atoms with Crippen molar-refractivity contribution in [1.82, 2.24) is 4.90 Å². The molecule has 7 nitrogen and oxygen atoms in total. The number of hydrogen-bond acceptors (Lipinski definition) is 6. The average molecular weight is 328 g/mol. The van der Waals surface area contributed by atoms with E-state index in [0.717, 1.165) is 37.1 Å². The van der Waals surface area contributed by atoms with Crippen molar-refractivity contribution < 1.29 is 9.66 Å². The van der Waals surface area contributed by atoms with Gasteiger partial charge in [-0.3, -0.25) is 10.1 Å². The summed E-state index contributed by atoms with van der Waals surface area (Å²) in [6.45, 7) is 3.10. The van der Waals surface area contributed by atoms with Gasteiger partial charge in [-0.15, -0.1) is 0 Å². The van der Waals surface area contributed by atoms with Gasteiger partial charge < -0.3 is 15.5 Å². The molecule has 1 saturated heterocycles. The topological polar surface area (TPSA) is 94.0 Å². The summed E-state index contributed by atoms with van der Waals surface area (Å²) < 4.78 is 5.44. The normalized spacial score (nSPS) is 20.3. The van der Waals surface area contributed by atoms with Gasteiger partial charge in [-0.2, -0.15) is 5.10 Å². The number of allylic oxidation sites excluding steroid dienone is 2. The Hall–Kier alpha value is -2.67. The number of nitrogens with two attached hydrogens (primary N) is 1. The Bertz CT molecular complexity index is 701. The molecule has 7 heteroatoms. The second kappa shape index (κ2) is 7.27. The minimum absolute atomic E-state index is 0.100. The fourth-order valence-corrected chi connectivity index (χ4v) is 3.16. The van der Waals surface area contributed by atoms with Crippen molar-refractivity contribution in [1.29, 1.82) is 0 Å². The Labute approximate surface area is 140 Å². The van der Waals surface area contributed by atoms with Gasteiger partial charge in [0.25, 0.3) is 5.69 Å². The van der Waals surface area contributed by atoms with Crippen molar-refractivity contribution >= 4 is 18.0 Å².